The summed E-state index contributed by atoms with van der Waals surface area (Å²) in [5, 5.41) is 12.8. The topological polar surface area (TPSA) is 55.8 Å². The van der Waals surface area contributed by atoms with Crippen LogP contribution in [0.2, 0.25) is 0 Å². The Morgan fingerprint density at radius 1 is 1.06 bits per heavy atom. The number of anilines is 2. The largest absolute Gasteiger partial charge is 0.394 e. The lowest BCUT2D eigenvalue weighted by Gasteiger charge is -2.44. The molecule has 1 saturated heterocycles. The third-order valence-corrected chi connectivity index (χ3v) is 6.88. The second kappa shape index (κ2) is 8.48. The zero-order valence-corrected chi connectivity index (χ0v) is 18.2. The number of likely N-dealkylation sites (tertiary alicyclic amines) is 1. The van der Waals surface area contributed by atoms with E-state index in [9.17, 15) is 18.7 Å². The number of carbonyl (C=O) groups excluding carboxylic acids is 1. The summed E-state index contributed by atoms with van der Waals surface area (Å²) < 4.78 is 28.0. The zero-order valence-electron chi connectivity index (χ0n) is 18.2. The van der Waals surface area contributed by atoms with Crippen molar-refractivity contribution < 1.29 is 18.7 Å². The Balaban J connectivity index is 1.55. The SMILES string of the molecule is CN1c2ccc(-c3cccc(F)c3)cc2[C@H]2[C@H](CCN2C(=O)Nc2ccccc2F)[C@@H]1CO. The molecule has 3 aromatic rings. The molecule has 2 heterocycles. The summed E-state index contributed by atoms with van der Waals surface area (Å²) in [5.41, 5.74) is 3.59. The number of fused-ring (bicyclic) bond motifs is 3. The van der Waals surface area contributed by atoms with Gasteiger partial charge in [0.25, 0.3) is 0 Å². The number of halogens is 2. The number of carbonyl (C=O) groups is 1. The van der Waals surface area contributed by atoms with Gasteiger partial charge < -0.3 is 20.2 Å². The molecule has 3 aromatic carbocycles. The number of aliphatic hydroxyl groups excluding tert-OH is 1. The molecule has 0 saturated carbocycles. The molecule has 2 amide bonds. The van der Waals surface area contributed by atoms with E-state index >= 15 is 0 Å². The highest BCUT2D eigenvalue weighted by molar-refractivity contribution is 5.90. The molecule has 0 spiro atoms. The van der Waals surface area contributed by atoms with Gasteiger partial charge in [-0.05, 0) is 59.5 Å². The zero-order chi connectivity index (χ0) is 23.1. The normalized spacial score (nSPS) is 21.5. The first-order valence-corrected chi connectivity index (χ1v) is 11.0. The molecule has 2 aliphatic heterocycles. The van der Waals surface area contributed by atoms with Crippen LogP contribution in [0.4, 0.5) is 25.0 Å². The number of hydrogen-bond acceptors (Lipinski definition) is 3. The molecule has 2 aliphatic rings. The van der Waals surface area contributed by atoms with Crippen LogP contribution in [-0.4, -0.2) is 42.3 Å². The van der Waals surface area contributed by atoms with Crippen molar-refractivity contribution >= 4 is 17.4 Å². The Labute approximate surface area is 191 Å². The van der Waals surface area contributed by atoms with Crippen LogP contribution in [0.5, 0.6) is 0 Å². The highest BCUT2D eigenvalue weighted by Gasteiger charge is 2.47. The summed E-state index contributed by atoms with van der Waals surface area (Å²) in [7, 11) is 1.94. The van der Waals surface area contributed by atoms with E-state index in [4.69, 9.17) is 0 Å². The predicted octanol–water partition coefficient (Wildman–Crippen LogP) is 5.04. The molecule has 1 fully saturated rings. The van der Waals surface area contributed by atoms with Crippen molar-refractivity contribution in [2.45, 2.75) is 18.5 Å². The van der Waals surface area contributed by atoms with Gasteiger partial charge in [-0.25, -0.2) is 13.6 Å². The van der Waals surface area contributed by atoms with Gasteiger partial charge in [-0.3, -0.25) is 0 Å². The van der Waals surface area contributed by atoms with Crippen molar-refractivity contribution in [2.75, 3.05) is 30.4 Å². The molecule has 0 bridgehead atoms. The van der Waals surface area contributed by atoms with Gasteiger partial charge in [0.15, 0.2) is 0 Å². The van der Waals surface area contributed by atoms with Crippen LogP contribution in [0, 0.1) is 17.6 Å². The third-order valence-electron chi connectivity index (χ3n) is 6.88. The van der Waals surface area contributed by atoms with Gasteiger partial charge >= 0.3 is 6.03 Å². The van der Waals surface area contributed by atoms with Gasteiger partial charge in [0, 0.05) is 25.2 Å². The molecule has 0 radical (unpaired) electrons. The molecular formula is C26H25F2N3O2. The van der Waals surface area contributed by atoms with Crippen molar-refractivity contribution in [3.8, 4) is 11.1 Å². The second-order valence-corrected chi connectivity index (χ2v) is 8.65. The van der Waals surface area contributed by atoms with Crippen LogP contribution in [0.1, 0.15) is 18.0 Å². The standard InChI is InChI=1S/C26H25F2N3O2/c1-30-23-10-9-17(16-5-4-6-18(27)13-16)14-20(23)25-19(24(30)15-32)11-12-31(25)26(33)29-22-8-3-2-7-21(22)28/h2-10,13-14,19,24-25,32H,11-12,15H2,1H3,(H,29,33)/t19-,24+,25-/m1/s1. The Bertz CT molecular complexity index is 1200. The van der Waals surface area contributed by atoms with Crippen molar-refractivity contribution in [1.29, 1.82) is 0 Å². The smallest absolute Gasteiger partial charge is 0.322 e. The van der Waals surface area contributed by atoms with Crippen LogP contribution in [0.3, 0.4) is 0 Å². The Kier molecular flexibility index (Phi) is 5.50. The van der Waals surface area contributed by atoms with Crippen molar-refractivity contribution in [2.24, 2.45) is 5.92 Å². The van der Waals surface area contributed by atoms with Gasteiger partial charge in [-0.15, -0.1) is 0 Å². The molecule has 2 N–H and O–H groups in total. The molecule has 0 unspecified atom stereocenters. The number of likely N-dealkylation sites (N-methyl/N-ethyl adjacent to an activating group) is 1. The summed E-state index contributed by atoms with van der Waals surface area (Å²) >= 11 is 0. The van der Waals surface area contributed by atoms with Gasteiger partial charge in [-0.2, -0.15) is 0 Å². The number of urea groups is 1. The second-order valence-electron chi connectivity index (χ2n) is 8.65. The molecule has 170 valence electrons. The number of nitrogens with zero attached hydrogens (tertiary/aromatic N) is 2. The highest BCUT2D eigenvalue weighted by Crippen LogP contribution is 2.49. The summed E-state index contributed by atoms with van der Waals surface area (Å²) in [6.45, 7) is 0.453. The fraction of sp³-hybridized carbons (Fsp3) is 0.269. The fourth-order valence-corrected chi connectivity index (χ4v) is 5.28. The average Bonchev–Trinajstić information content (AvgIpc) is 3.26. The monoisotopic (exact) mass is 449 g/mol. The third kappa shape index (κ3) is 3.72. The minimum absolute atomic E-state index is 0.0154. The number of aliphatic hydroxyl groups is 1. The van der Waals surface area contributed by atoms with E-state index in [0.717, 1.165) is 22.4 Å². The number of amides is 2. The van der Waals surface area contributed by atoms with Gasteiger partial charge in [0.2, 0.25) is 0 Å². The molecule has 5 rings (SSSR count). The van der Waals surface area contributed by atoms with E-state index in [1.54, 1.807) is 23.1 Å². The first-order chi connectivity index (χ1) is 16.0. The van der Waals surface area contributed by atoms with Crippen LogP contribution in [-0.2, 0) is 0 Å². The Hall–Kier alpha value is -3.45. The molecule has 0 aliphatic carbocycles. The minimum Gasteiger partial charge on any atom is -0.394 e. The highest BCUT2D eigenvalue weighted by atomic mass is 19.1. The van der Waals surface area contributed by atoms with Gasteiger partial charge in [-0.1, -0.05) is 30.3 Å². The lowest BCUT2D eigenvalue weighted by molar-refractivity contribution is 0.168. The first-order valence-electron chi connectivity index (χ1n) is 11.0. The average molecular weight is 450 g/mol. The van der Waals surface area contributed by atoms with Crippen LogP contribution in [0.25, 0.3) is 11.1 Å². The maximum absolute atomic E-state index is 14.1. The first kappa shape index (κ1) is 21.4. The van der Waals surface area contributed by atoms with Crippen LogP contribution >= 0.6 is 0 Å². The van der Waals surface area contributed by atoms with Crippen molar-refractivity contribution in [3.63, 3.8) is 0 Å². The minimum atomic E-state index is -0.494. The molecule has 0 aromatic heterocycles. The van der Waals surface area contributed by atoms with Crippen LogP contribution in [0.15, 0.2) is 66.7 Å². The summed E-state index contributed by atoms with van der Waals surface area (Å²) in [5.74, 6) is -0.791. The molecule has 7 heteroatoms. The van der Waals surface area contributed by atoms with E-state index in [1.165, 1.54) is 24.3 Å². The fourth-order valence-electron chi connectivity index (χ4n) is 5.28. The molecule has 5 nitrogen and oxygen atoms in total. The van der Waals surface area contributed by atoms with E-state index in [0.29, 0.717) is 13.0 Å². The number of hydrogen-bond donors (Lipinski definition) is 2. The number of para-hydroxylation sites is 1. The van der Waals surface area contributed by atoms with Gasteiger partial charge in [0.1, 0.15) is 11.6 Å². The van der Waals surface area contributed by atoms with Crippen molar-refractivity contribution in [1.82, 2.24) is 4.90 Å². The van der Waals surface area contributed by atoms with Crippen molar-refractivity contribution in [3.05, 3.63) is 83.9 Å². The summed E-state index contributed by atoms with van der Waals surface area (Å²) in [4.78, 5) is 17.0. The molecule has 3 atom stereocenters. The molecular weight excluding hydrogens is 424 g/mol. The van der Waals surface area contributed by atoms with E-state index in [1.807, 2.05) is 31.3 Å². The quantitative estimate of drug-likeness (QED) is 0.589. The Morgan fingerprint density at radius 2 is 1.85 bits per heavy atom. The molecule has 33 heavy (non-hydrogen) atoms. The number of rotatable bonds is 3. The summed E-state index contributed by atoms with van der Waals surface area (Å²) in [6, 6.07) is 17.6. The van der Waals surface area contributed by atoms with E-state index < -0.39 is 5.82 Å². The number of nitrogens with one attached hydrogen (secondary N) is 1. The summed E-state index contributed by atoms with van der Waals surface area (Å²) in [6.07, 6.45) is 0.717. The van der Waals surface area contributed by atoms with Crippen LogP contribution < -0.4 is 10.2 Å². The maximum atomic E-state index is 14.1. The lowest BCUT2D eigenvalue weighted by atomic mass is 9.81. The van der Waals surface area contributed by atoms with E-state index in [2.05, 4.69) is 10.2 Å². The van der Waals surface area contributed by atoms with E-state index in [-0.39, 0.29) is 42.1 Å². The van der Waals surface area contributed by atoms with Gasteiger partial charge in [0.05, 0.1) is 24.4 Å². The predicted molar refractivity (Wildman–Crippen MR) is 124 cm³/mol. The maximum Gasteiger partial charge on any atom is 0.322 e. The number of benzene rings is 3. The Morgan fingerprint density at radius 3 is 2.61 bits per heavy atom. The lowest BCUT2D eigenvalue weighted by Crippen LogP contribution is -2.48.